The van der Waals surface area contributed by atoms with Crippen LogP contribution in [0.1, 0.15) is 28.0 Å². The van der Waals surface area contributed by atoms with Gasteiger partial charge in [-0.2, -0.15) is 0 Å². The summed E-state index contributed by atoms with van der Waals surface area (Å²) in [6, 6.07) is 9.99. The molecule has 0 aliphatic heterocycles. The number of rotatable bonds is 7. The van der Waals surface area contributed by atoms with E-state index in [4.69, 9.17) is 9.15 Å². The number of hydrogen-bond donors (Lipinski definition) is 2. The molecular formula is C19H19BrN4O4. The number of ether oxygens (including phenoxy) is 1. The van der Waals surface area contributed by atoms with E-state index >= 15 is 0 Å². The van der Waals surface area contributed by atoms with Crippen molar-refractivity contribution in [1.82, 2.24) is 20.2 Å². The summed E-state index contributed by atoms with van der Waals surface area (Å²) >= 11 is 3.13. The molecule has 0 bridgehead atoms. The summed E-state index contributed by atoms with van der Waals surface area (Å²) in [4.78, 5) is 28.8. The number of carbonyl (C=O) groups is 2. The third-order valence-corrected chi connectivity index (χ3v) is 4.50. The largest absolute Gasteiger partial charge is 0.497 e. The molecule has 2 aromatic heterocycles. The summed E-state index contributed by atoms with van der Waals surface area (Å²) in [6.45, 7) is -0.200. The molecule has 0 saturated heterocycles. The van der Waals surface area contributed by atoms with E-state index in [9.17, 15) is 9.59 Å². The molecule has 28 heavy (non-hydrogen) atoms. The summed E-state index contributed by atoms with van der Waals surface area (Å²) in [7, 11) is 3.44. The molecule has 0 radical (unpaired) electrons. The van der Waals surface area contributed by atoms with E-state index in [1.165, 1.54) is 6.07 Å². The molecule has 8 nitrogen and oxygen atoms in total. The van der Waals surface area contributed by atoms with E-state index in [1.54, 1.807) is 25.6 Å². The third kappa shape index (κ3) is 4.61. The highest BCUT2D eigenvalue weighted by Gasteiger charge is 2.21. The lowest BCUT2D eigenvalue weighted by atomic mass is 10.1. The van der Waals surface area contributed by atoms with Crippen molar-refractivity contribution >= 4 is 27.7 Å². The number of imidazole rings is 1. The molecule has 0 fully saturated rings. The fraction of sp³-hybridized carbons (Fsp3) is 0.211. The Morgan fingerprint density at radius 1 is 1.25 bits per heavy atom. The number of hydrogen-bond acceptors (Lipinski definition) is 5. The molecule has 3 aromatic rings. The molecule has 3 rings (SSSR count). The molecule has 0 aliphatic carbocycles. The number of halogens is 1. The maximum atomic E-state index is 12.5. The zero-order chi connectivity index (χ0) is 20.1. The highest BCUT2D eigenvalue weighted by atomic mass is 79.9. The van der Waals surface area contributed by atoms with Crippen LogP contribution >= 0.6 is 15.9 Å². The minimum absolute atomic E-state index is 0.121. The fourth-order valence-corrected chi connectivity index (χ4v) is 2.95. The topological polar surface area (TPSA) is 98.4 Å². The SMILES string of the molecule is COc1ccc(C(NC(=O)CNC(=O)c2ccc(Br)o2)c2nccn2C)cc1. The minimum Gasteiger partial charge on any atom is -0.497 e. The van der Waals surface area contributed by atoms with E-state index in [1.807, 2.05) is 35.9 Å². The van der Waals surface area contributed by atoms with Crippen LogP contribution in [-0.2, 0) is 11.8 Å². The molecule has 9 heteroatoms. The second-order valence-electron chi connectivity index (χ2n) is 5.96. The van der Waals surface area contributed by atoms with Crippen LogP contribution in [0.3, 0.4) is 0 Å². The average molecular weight is 447 g/mol. The first-order valence-electron chi connectivity index (χ1n) is 8.42. The molecular weight excluding hydrogens is 428 g/mol. The number of nitrogens with zero attached hydrogens (tertiary/aromatic N) is 2. The van der Waals surface area contributed by atoms with Gasteiger partial charge in [-0.15, -0.1) is 0 Å². The Balaban J connectivity index is 1.71. The van der Waals surface area contributed by atoms with Gasteiger partial charge in [0.25, 0.3) is 5.91 Å². The van der Waals surface area contributed by atoms with Gasteiger partial charge >= 0.3 is 0 Å². The van der Waals surface area contributed by atoms with Crippen LogP contribution < -0.4 is 15.4 Å². The van der Waals surface area contributed by atoms with Crippen LogP contribution in [0.5, 0.6) is 5.75 Å². The number of carbonyl (C=O) groups excluding carboxylic acids is 2. The van der Waals surface area contributed by atoms with E-state index in [0.717, 1.165) is 5.56 Å². The van der Waals surface area contributed by atoms with Gasteiger partial charge in [-0.25, -0.2) is 4.98 Å². The molecule has 2 amide bonds. The first-order chi connectivity index (χ1) is 13.5. The molecule has 0 saturated carbocycles. The zero-order valence-electron chi connectivity index (χ0n) is 15.3. The zero-order valence-corrected chi connectivity index (χ0v) is 16.9. The molecule has 146 valence electrons. The number of nitrogens with one attached hydrogen (secondary N) is 2. The Hall–Kier alpha value is -3.07. The maximum Gasteiger partial charge on any atom is 0.287 e. The van der Waals surface area contributed by atoms with Gasteiger partial charge in [0.05, 0.1) is 13.7 Å². The first kappa shape index (κ1) is 19.7. The number of aromatic nitrogens is 2. The van der Waals surface area contributed by atoms with E-state index in [-0.39, 0.29) is 18.2 Å². The normalized spacial score (nSPS) is 11.7. The Kier molecular flexibility index (Phi) is 6.15. The van der Waals surface area contributed by atoms with Crippen LogP contribution in [-0.4, -0.2) is 35.0 Å². The van der Waals surface area contributed by atoms with E-state index in [0.29, 0.717) is 16.2 Å². The molecule has 2 heterocycles. The number of furan rings is 1. The lowest BCUT2D eigenvalue weighted by molar-refractivity contribution is -0.120. The summed E-state index contributed by atoms with van der Waals surface area (Å²) in [5.41, 5.74) is 0.838. The minimum atomic E-state index is -0.479. The number of amides is 2. The number of aryl methyl sites for hydroxylation is 1. The van der Waals surface area contributed by atoms with E-state index in [2.05, 4.69) is 31.5 Å². The Bertz CT molecular complexity index is 964. The van der Waals surface area contributed by atoms with Crippen molar-refractivity contribution < 1.29 is 18.7 Å². The molecule has 2 N–H and O–H groups in total. The monoisotopic (exact) mass is 446 g/mol. The highest BCUT2D eigenvalue weighted by molar-refractivity contribution is 9.10. The molecule has 0 aliphatic rings. The number of benzene rings is 1. The van der Waals surface area contributed by atoms with Crippen molar-refractivity contribution in [2.45, 2.75) is 6.04 Å². The molecule has 0 spiro atoms. The van der Waals surface area contributed by atoms with Crippen molar-refractivity contribution in [1.29, 1.82) is 0 Å². The first-order valence-corrected chi connectivity index (χ1v) is 9.21. The lowest BCUT2D eigenvalue weighted by Crippen LogP contribution is -2.39. The van der Waals surface area contributed by atoms with Crippen molar-refractivity contribution in [3.8, 4) is 5.75 Å². The molecule has 1 aromatic carbocycles. The van der Waals surface area contributed by atoms with Gasteiger partial charge in [0.15, 0.2) is 10.4 Å². The van der Waals surface area contributed by atoms with Crippen molar-refractivity contribution in [2.75, 3.05) is 13.7 Å². The summed E-state index contributed by atoms with van der Waals surface area (Å²) in [5.74, 6) is 0.669. The van der Waals surface area contributed by atoms with Crippen LogP contribution in [0.15, 0.2) is 57.9 Å². The van der Waals surface area contributed by atoms with Gasteiger partial charge in [-0.3, -0.25) is 9.59 Å². The quantitative estimate of drug-likeness (QED) is 0.580. The van der Waals surface area contributed by atoms with Gasteiger partial charge in [-0.05, 0) is 45.8 Å². The van der Waals surface area contributed by atoms with Crippen LogP contribution in [0.25, 0.3) is 0 Å². The van der Waals surface area contributed by atoms with Crippen molar-refractivity contribution in [3.05, 3.63) is 70.6 Å². The van der Waals surface area contributed by atoms with Gasteiger partial charge in [0, 0.05) is 19.4 Å². The summed E-state index contributed by atoms with van der Waals surface area (Å²) < 4.78 is 12.6. The Morgan fingerprint density at radius 3 is 2.57 bits per heavy atom. The second-order valence-corrected chi connectivity index (χ2v) is 6.74. The van der Waals surface area contributed by atoms with Crippen LogP contribution in [0.4, 0.5) is 0 Å². The van der Waals surface area contributed by atoms with Gasteiger partial charge in [0.1, 0.15) is 17.6 Å². The predicted octanol–water partition coefficient (Wildman–Crippen LogP) is 2.42. The molecule has 1 atom stereocenters. The number of methoxy groups -OCH3 is 1. The average Bonchev–Trinajstić information content (AvgIpc) is 3.32. The summed E-state index contributed by atoms with van der Waals surface area (Å²) in [6.07, 6.45) is 3.46. The highest BCUT2D eigenvalue weighted by Crippen LogP contribution is 2.23. The second kappa shape index (κ2) is 8.75. The predicted molar refractivity (Wildman–Crippen MR) is 105 cm³/mol. The van der Waals surface area contributed by atoms with Gasteiger partial charge in [0.2, 0.25) is 5.91 Å². The summed E-state index contributed by atoms with van der Waals surface area (Å²) in [5, 5.41) is 5.44. The van der Waals surface area contributed by atoms with Gasteiger partial charge < -0.3 is 24.4 Å². The van der Waals surface area contributed by atoms with Crippen molar-refractivity contribution in [2.24, 2.45) is 7.05 Å². The third-order valence-electron chi connectivity index (χ3n) is 4.08. The lowest BCUT2D eigenvalue weighted by Gasteiger charge is -2.19. The standard InChI is InChI=1S/C19H19BrN4O4/c1-24-10-9-21-18(24)17(12-3-5-13(27-2)6-4-12)23-16(25)11-22-19(26)14-7-8-15(20)28-14/h3-10,17H,11H2,1-2H3,(H,22,26)(H,23,25). The Labute approximate surface area is 170 Å². The van der Waals surface area contributed by atoms with Crippen LogP contribution in [0.2, 0.25) is 0 Å². The Morgan fingerprint density at radius 2 is 2.00 bits per heavy atom. The molecule has 1 unspecified atom stereocenters. The van der Waals surface area contributed by atoms with Crippen LogP contribution in [0, 0.1) is 0 Å². The maximum absolute atomic E-state index is 12.5. The van der Waals surface area contributed by atoms with Gasteiger partial charge in [-0.1, -0.05) is 12.1 Å². The van der Waals surface area contributed by atoms with E-state index < -0.39 is 11.9 Å². The smallest absolute Gasteiger partial charge is 0.287 e. The fourth-order valence-electron chi connectivity index (χ4n) is 2.64. The van der Waals surface area contributed by atoms with Crippen molar-refractivity contribution in [3.63, 3.8) is 0 Å².